The van der Waals surface area contributed by atoms with E-state index in [0.717, 1.165) is 12.5 Å². The highest BCUT2D eigenvalue weighted by molar-refractivity contribution is 4.85. The number of piperidine rings is 1. The molecule has 102 valence electrons. The zero-order chi connectivity index (χ0) is 12.7. The first-order valence-corrected chi connectivity index (χ1v) is 7.50. The third-order valence-corrected chi connectivity index (χ3v) is 4.30. The maximum absolute atomic E-state index is 3.73. The van der Waals surface area contributed by atoms with Gasteiger partial charge in [0.25, 0.3) is 0 Å². The molecule has 0 aromatic heterocycles. The summed E-state index contributed by atoms with van der Waals surface area (Å²) in [7, 11) is 0. The topological polar surface area (TPSA) is 24.1 Å². The van der Waals surface area contributed by atoms with E-state index in [1.54, 1.807) is 0 Å². The summed E-state index contributed by atoms with van der Waals surface area (Å²) >= 11 is 0. The van der Waals surface area contributed by atoms with Gasteiger partial charge in [-0.15, -0.1) is 0 Å². The molecule has 0 aromatic carbocycles. The first-order chi connectivity index (χ1) is 8.06. The Labute approximate surface area is 108 Å². The van der Waals surface area contributed by atoms with Crippen molar-refractivity contribution in [3.8, 4) is 0 Å². The van der Waals surface area contributed by atoms with Crippen molar-refractivity contribution in [1.82, 2.24) is 10.6 Å². The molecule has 0 spiro atoms. The van der Waals surface area contributed by atoms with E-state index in [1.807, 2.05) is 0 Å². The fourth-order valence-electron chi connectivity index (χ4n) is 2.71. The fourth-order valence-corrected chi connectivity index (χ4v) is 2.71. The average Bonchev–Trinajstić information content (AvgIpc) is 2.35. The Kier molecular flexibility index (Phi) is 6.50. The number of hydrogen-bond donors (Lipinski definition) is 2. The second kappa shape index (κ2) is 7.38. The summed E-state index contributed by atoms with van der Waals surface area (Å²) in [5.41, 5.74) is 0.424. The lowest BCUT2D eigenvalue weighted by molar-refractivity contribution is 0.161. The summed E-state index contributed by atoms with van der Waals surface area (Å²) < 4.78 is 0. The number of unbranched alkanes of at least 4 members (excludes halogenated alkanes) is 1. The van der Waals surface area contributed by atoms with Crippen LogP contribution in [0.4, 0.5) is 0 Å². The Hall–Kier alpha value is -0.0800. The molecule has 1 heterocycles. The Morgan fingerprint density at radius 1 is 1.41 bits per heavy atom. The van der Waals surface area contributed by atoms with Gasteiger partial charge in [0, 0.05) is 12.6 Å². The fraction of sp³-hybridized carbons (Fsp3) is 1.00. The molecule has 0 bridgehead atoms. The standard InChI is InChI=1S/C15H32N2/c1-5-6-8-13(2)17-12-15(3,4)14-9-7-10-16-11-14/h13-14,16-17H,5-12H2,1-4H3. The van der Waals surface area contributed by atoms with Crippen molar-refractivity contribution in [2.75, 3.05) is 19.6 Å². The molecule has 0 aromatic rings. The van der Waals surface area contributed by atoms with Gasteiger partial charge in [-0.3, -0.25) is 0 Å². The van der Waals surface area contributed by atoms with Gasteiger partial charge in [0.1, 0.15) is 0 Å². The van der Waals surface area contributed by atoms with Crippen LogP contribution >= 0.6 is 0 Å². The second-order valence-corrected chi connectivity index (χ2v) is 6.46. The zero-order valence-electron chi connectivity index (χ0n) is 12.3. The van der Waals surface area contributed by atoms with Gasteiger partial charge < -0.3 is 10.6 Å². The summed E-state index contributed by atoms with van der Waals surface area (Å²) in [6.45, 7) is 13.0. The highest BCUT2D eigenvalue weighted by atomic mass is 14.9. The average molecular weight is 240 g/mol. The van der Waals surface area contributed by atoms with Crippen molar-refractivity contribution in [3.05, 3.63) is 0 Å². The Morgan fingerprint density at radius 2 is 2.18 bits per heavy atom. The minimum Gasteiger partial charge on any atom is -0.316 e. The number of nitrogens with one attached hydrogen (secondary N) is 2. The van der Waals surface area contributed by atoms with Crippen LogP contribution in [0.15, 0.2) is 0 Å². The Bertz CT molecular complexity index is 195. The second-order valence-electron chi connectivity index (χ2n) is 6.46. The summed E-state index contributed by atoms with van der Waals surface area (Å²) in [6.07, 6.45) is 6.71. The monoisotopic (exact) mass is 240 g/mol. The van der Waals surface area contributed by atoms with E-state index >= 15 is 0 Å². The van der Waals surface area contributed by atoms with Crippen molar-refractivity contribution in [1.29, 1.82) is 0 Å². The molecule has 1 aliphatic rings. The van der Waals surface area contributed by atoms with Crippen LogP contribution in [0, 0.1) is 11.3 Å². The summed E-state index contributed by atoms with van der Waals surface area (Å²) in [6, 6.07) is 0.672. The lowest BCUT2D eigenvalue weighted by Gasteiger charge is -2.38. The van der Waals surface area contributed by atoms with Crippen molar-refractivity contribution < 1.29 is 0 Å². The first-order valence-electron chi connectivity index (χ1n) is 7.50. The van der Waals surface area contributed by atoms with E-state index in [0.29, 0.717) is 11.5 Å². The minimum atomic E-state index is 0.424. The SMILES string of the molecule is CCCCC(C)NCC(C)(C)C1CCCNC1. The van der Waals surface area contributed by atoms with Crippen LogP contribution in [0.5, 0.6) is 0 Å². The van der Waals surface area contributed by atoms with E-state index in [2.05, 4.69) is 38.3 Å². The molecule has 2 heteroatoms. The van der Waals surface area contributed by atoms with Crippen molar-refractivity contribution in [2.45, 2.75) is 65.8 Å². The van der Waals surface area contributed by atoms with E-state index in [9.17, 15) is 0 Å². The molecular formula is C15H32N2. The van der Waals surface area contributed by atoms with Gasteiger partial charge in [0.05, 0.1) is 0 Å². The van der Waals surface area contributed by atoms with Crippen LogP contribution in [0.3, 0.4) is 0 Å². The van der Waals surface area contributed by atoms with Crippen LogP contribution in [-0.2, 0) is 0 Å². The molecule has 0 amide bonds. The van der Waals surface area contributed by atoms with Crippen LogP contribution < -0.4 is 10.6 Å². The quantitative estimate of drug-likeness (QED) is 0.714. The molecule has 1 saturated heterocycles. The van der Waals surface area contributed by atoms with Crippen LogP contribution in [0.1, 0.15) is 59.8 Å². The van der Waals surface area contributed by atoms with Crippen molar-refractivity contribution in [3.63, 3.8) is 0 Å². The van der Waals surface area contributed by atoms with Crippen LogP contribution in [0.2, 0.25) is 0 Å². The maximum Gasteiger partial charge on any atom is 0.00389 e. The molecule has 2 N–H and O–H groups in total. The molecule has 1 fully saturated rings. The van der Waals surface area contributed by atoms with Gasteiger partial charge in [-0.25, -0.2) is 0 Å². The number of hydrogen-bond acceptors (Lipinski definition) is 2. The Balaban J connectivity index is 2.27. The van der Waals surface area contributed by atoms with Gasteiger partial charge in [0.2, 0.25) is 0 Å². The van der Waals surface area contributed by atoms with E-state index < -0.39 is 0 Å². The van der Waals surface area contributed by atoms with Gasteiger partial charge >= 0.3 is 0 Å². The highest BCUT2D eigenvalue weighted by Gasteiger charge is 2.30. The summed E-state index contributed by atoms with van der Waals surface area (Å²) in [5.74, 6) is 0.835. The first kappa shape index (κ1) is 15.0. The van der Waals surface area contributed by atoms with Crippen molar-refractivity contribution in [2.24, 2.45) is 11.3 Å². The largest absolute Gasteiger partial charge is 0.316 e. The Morgan fingerprint density at radius 3 is 2.76 bits per heavy atom. The molecule has 1 rings (SSSR count). The molecule has 2 nitrogen and oxygen atoms in total. The lowest BCUT2D eigenvalue weighted by Crippen LogP contribution is -2.45. The molecule has 0 saturated carbocycles. The van der Waals surface area contributed by atoms with Gasteiger partial charge in [-0.1, -0.05) is 33.6 Å². The summed E-state index contributed by atoms with van der Waals surface area (Å²) in [4.78, 5) is 0. The molecule has 0 aliphatic carbocycles. The third-order valence-electron chi connectivity index (χ3n) is 4.30. The molecule has 2 unspecified atom stereocenters. The minimum absolute atomic E-state index is 0.424. The maximum atomic E-state index is 3.73. The van der Waals surface area contributed by atoms with E-state index in [-0.39, 0.29) is 0 Å². The molecule has 1 aliphatic heterocycles. The van der Waals surface area contributed by atoms with E-state index in [4.69, 9.17) is 0 Å². The van der Waals surface area contributed by atoms with Gasteiger partial charge in [0.15, 0.2) is 0 Å². The van der Waals surface area contributed by atoms with E-state index in [1.165, 1.54) is 45.2 Å². The predicted octanol–water partition coefficient (Wildman–Crippen LogP) is 3.18. The number of rotatable bonds is 7. The van der Waals surface area contributed by atoms with Gasteiger partial charge in [-0.2, -0.15) is 0 Å². The highest BCUT2D eigenvalue weighted by Crippen LogP contribution is 2.31. The molecule has 2 atom stereocenters. The molecule has 0 radical (unpaired) electrons. The predicted molar refractivity (Wildman–Crippen MR) is 76.4 cm³/mol. The van der Waals surface area contributed by atoms with Crippen LogP contribution in [-0.4, -0.2) is 25.7 Å². The lowest BCUT2D eigenvalue weighted by atomic mass is 9.75. The van der Waals surface area contributed by atoms with Crippen molar-refractivity contribution >= 4 is 0 Å². The zero-order valence-corrected chi connectivity index (χ0v) is 12.3. The van der Waals surface area contributed by atoms with Gasteiger partial charge in [-0.05, 0) is 50.6 Å². The normalized spacial score (nSPS) is 23.6. The molecule has 17 heavy (non-hydrogen) atoms. The smallest absolute Gasteiger partial charge is 0.00389 e. The summed E-state index contributed by atoms with van der Waals surface area (Å²) in [5, 5.41) is 7.26. The molecular weight excluding hydrogens is 208 g/mol. The third kappa shape index (κ3) is 5.39. The van der Waals surface area contributed by atoms with Crippen LogP contribution in [0.25, 0.3) is 0 Å².